The molecule has 14 nitrogen and oxygen atoms in total. The van der Waals surface area contributed by atoms with Gasteiger partial charge in [0.15, 0.2) is 0 Å². The number of nitrogens with zero attached hydrogens (tertiary/aromatic N) is 5. The Morgan fingerprint density at radius 1 is 0.729 bits per heavy atom. The van der Waals surface area contributed by atoms with Crippen LogP contribution in [0.4, 0.5) is 11.4 Å². The minimum Gasteiger partial charge on any atom is -0.459 e. The first kappa shape index (κ1) is 71.5. The number of unbranched alkanes of at least 4 members (excludes halogenated alkanes) is 1. The van der Waals surface area contributed by atoms with Crippen LogP contribution >= 0.6 is 0 Å². The van der Waals surface area contributed by atoms with Gasteiger partial charge in [-0.3, -0.25) is 34.3 Å². The summed E-state index contributed by atoms with van der Waals surface area (Å²) in [5.74, 6) is -1.61. The maximum Gasteiger partial charge on any atom is 1.00 e. The zero-order valence-corrected chi connectivity index (χ0v) is 40.3. The van der Waals surface area contributed by atoms with Crippen molar-refractivity contribution in [1.82, 2.24) is 30.2 Å². The van der Waals surface area contributed by atoms with Crippen LogP contribution < -0.4 is 34.8 Å². The van der Waals surface area contributed by atoms with Gasteiger partial charge in [0.25, 0.3) is 0 Å². The van der Waals surface area contributed by atoms with E-state index in [1.807, 2.05) is 39.1 Å². The summed E-state index contributed by atoms with van der Waals surface area (Å²) in [4.78, 5) is 65.7. The second kappa shape index (κ2) is 39.7. The van der Waals surface area contributed by atoms with Gasteiger partial charge in [0.05, 0.1) is 36.4 Å². The number of piperidine rings is 2. The number of likely N-dealkylation sites (tertiary alicyclic amines) is 1. The summed E-state index contributed by atoms with van der Waals surface area (Å²) >= 11 is 0. The number of esters is 1. The van der Waals surface area contributed by atoms with E-state index in [0.717, 1.165) is 73.0 Å². The summed E-state index contributed by atoms with van der Waals surface area (Å²) in [7, 11) is 0. The van der Waals surface area contributed by atoms with E-state index in [4.69, 9.17) is 4.74 Å². The zero-order valence-electron chi connectivity index (χ0n) is 40.3. The monoisotopic (exact) mass is 967 g/mol. The third kappa shape index (κ3) is 26.8. The molecular weight excluding hydrogens is 876 g/mol. The van der Waals surface area contributed by atoms with Crippen LogP contribution in [-0.2, 0) is 28.7 Å². The van der Waals surface area contributed by atoms with Gasteiger partial charge in [-0.2, -0.15) is 6.42 Å². The van der Waals surface area contributed by atoms with E-state index in [1.54, 1.807) is 48.7 Å². The fourth-order valence-electron chi connectivity index (χ4n) is 7.02. The van der Waals surface area contributed by atoms with Crippen LogP contribution in [0.15, 0.2) is 73.6 Å². The van der Waals surface area contributed by atoms with Gasteiger partial charge in [-0.1, -0.05) is 64.3 Å². The second-order valence-corrected chi connectivity index (χ2v) is 16.6. The summed E-state index contributed by atoms with van der Waals surface area (Å²) < 4.78 is 9.48. The van der Waals surface area contributed by atoms with Gasteiger partial charge < -0.3 is 37.2 Å². The van der Waals surface area contributed by atoms with Crippen LogP contribution in [0.2, 0.25) is 0 Å². The Balaban J connectivity index is -0.000000429. The van der Waals surface area contributed by atoms with E-state index in [2.05, 4.69) is 87.4 Å². The second-order valence-electron chi connectivity index (χ2n) is 16.6. The molecular formula is C55H91LiN8O6. The molecule has 388 valence electrons. The molecule has 0 unspecified atom stereocenters. The maximum atomic E-state index is 12.9. The molecule has 3 aliphatic heterocycles. The third-order valence-electron chi connectivity index (χ3n) is 10.5. The van der Waals surface area contributed by atoms with Crippen LogP contribution in [0.25, 0.3) is 0 Å². The van der Waals surface area contributed by atoms with Crippen molar-refractivity contribution in [2.75, 3.05) is 43.5 Å². The number of anilines is 2. The maximum absolute atomic E-state index is 12.9. The van der Waals surface area contributed by atoms with Crippen molar-refractivity contribution in [3.05, 3.63) is 114 Å². The average Bonchev–Trinajstić information content (AvgIpc) is 3.88. The van der Waals surface area contributed by atoms with E-state index in [0.29, 0.717) is 29.9 Å². The van der Waals surface area contributed by atoms with Gasteiger partial charge in [-0.15, -0.1) is 0 Å². The first-order valence-electron chi connectivity index (χ1n) is 22.6. The van der Waals surface area contributed by atoms with Gasteiger partial charge in [-0.05, 0) is 150 Å². The van der Waals surface area contributed by atoms with Crippen molar-refractivity contribution in [2.24, 2.45) is 11.8 Å². The van der Waals surface area contributed by atoms with Gasteiger partial charge in [0.1, 0.15) is 0 Å². The molecule has 70 heavy (non-hydrogen) atoms. The van der Waals surface area contributed by atoms with Crippen LogP contribution in [0, 0.1) is 46.5 Å². The topological polar surface area (TPSA) is 178 Å². The fraction of sp³-hybridized carbons (Fsp3) is 0.545. The Hall–Kier alpha value is -5.00. The first-order valence-corrected chi connectivity index (χ1v) is 22.6. The fourth-order valence-corrected chi connectivity index (χ4v) is 7.02. The number of rotatable bonds is 6. The molecule has 3 aliphatic rings. The number of carbonyl (C=O) groups is 4. The molecule has 4 atom stereocenters. The Kier molecular flexibility index (Phi) is 40.6. The van der Waals surface area contributed by atoms with Gasteiger partial charge in [0.2, 0.25) is 0 Å². The Bertz CT molecular complexity index is 2030. The number of hydrogen-bond donors (Lipinski definition) is 3. The van der Waals surface area contributed by atoms with E-state index in [9.17, 15) is 19.2 Å². The summed E-state index contributed by atoms with van der Waals surface area (Å²) in [6.45, 7) is 23.4. The van der Waals surface area contributed by atoms with Crippen molar-refractivity contribution in [3.63, 3.8) is 0 Å². The number of aryl methyl sites for hydroxylation is 4. The molecule has 3 amide bonds. The Morgan fingerprint density at radius 3 is 1.67 bits per heavy atom. The zero-order chi connectivity index (χ0) is 46.9. The molecule has 4 aromatic rings. The molecule has 0 aromatic carbocycles. The normalized spacial score (nSPS) is 17.1. The SMILES string of the molecule is C.C.C.C.C.C1CCOC1.CCOC(=O)C(=O)Nc1cncc(C)c1.Cc1cc([C@@H]2CC[C@@H](C)CN2)ccn1.Cc1cncc(NC(=O)C(=O)N2C[C@H](C)CC[C@H]2c2ccnc(C)c2)c1.[CH2-]CCC.[Li+]. The summed E-state index contributed by atoms with van der Waals surface area (Å²) in [5.41, 5.74) is 7.28. The molecule has 4 aromatic heterocycles. The summed E-state index contributed by atoms with van der Waals surface area (Å²) in [6.07, 6.45) is 19.3. The Morgan fingerprint density at radius 2 is 1.23 bits per heavy atom. The quantitative estimate of drug-likeness (QED) is 0.0728. The van der Waals surface area contributed by atoms with Gasteiger partial charge in [-0.25, -0.2) is 4.79 Å². The van der Waals surface area contributed by atoms with Crippen molar-refractivity contribution in [2.45, 2.75) is 156 Å². The van der Waals surface area contributed by atoms with Crippen LogP contribution in [0.3, 0.4) is 0 Å². The predicted octanol–water partition coefficient (Wildman–Crippen LogP) is 8.98. The standard InChI is InChI=1S/C20H24N4O2.C12H18N2.C10H12N2O3.C4H8O.C4H9.5CH4.Li/c1-13-4-5-18(16-6-7-22-15(3)9-16)24(12-13)20(26)19(25)23-17-8-14(2)10-21-11-17;1-9-3-4-12(14-8-9)11-5-6-13-10(2)7-11;1-3-15-10(14)9(13)12-8-4-7(2)5-11-6-8;1-2-4-5-3-1;1-3-4-2;;;;;;/h6-11,13,18H,4-5,12H2,1-3H3,(H,23,25);5-7,9,12,14H,3-4,8H2,1-2H3;4-6H,3H2,1-2H3,(H,12,13);1-4H2;1,3-4H2,2H3;5*1H4;/q;;;;-1;;;;;;+1/t13-,18+;9-,12+;;;;;;;;;/m11........./s1. The van der Waals surface area contributed by atoms with Crippen LogP contribution in [-0.4, -0.2) is 81.4 Å². The minimum atomic E-state index is -0.890. The van der Waals surface area contributed by atoms with E-state index in [-0.39, 0.29) is 68.6 Å². The molecule has 0 saturated carbocycles. The molecule has 0 aliphatic carbocycles. The van der Waals surface area contributed by atoms with Crippen LogP contribution in [0.1, 0.15) is 162 Å². The molecule has 3 saturated heterocycles. The van der Waals surface area contributed by atoms with Crippen molar-refractivity contribution in [1.29, 1.82) is 0 Å². The summed E-state index contributed by atoms with van der Waals surface area (Å²) in [5, 5.41) is 8.65. The van der Waals surface area contributed by atoms with Gasteiger partial charge in [0, 0.05) is 62.0 Å². The average molecular weight is 967 g/mol. The smallest absolute Gasteiger partial charge is 0.459 e. The van der Waals surface area contributed by atoms with Crippen molar-refractivity contribution < 1.29 is 47.5 Å². The number of ether oxygens (including phenoxy) is 2. The molecule has 7 rings (SSSR count). The molecule has 0 bridgehead atoms. The van der Waals surface area contributed by atoms with E-state index >= 15 is 0 Å². The number of carbonyl (C=O) groups excluding carboxylic acids is 4. The van der Waals surface area contributed by atoms with Crippen LogP contribution in [0.5, 0.6) is 0 Å². The van der Waals surface area contributed by atoms with E-state index < -0.39 is 23.7 Å². The van der Waals surface area contributed by atoms with Crippen molar-refractivity contribution >= 4 is 35.1 Å². The van der Waals surface area contributed by atoms with Gasteiger partial charge >= 0.3 is 42.6 Å². The molecule has 0 radical (unpaired) electrons. The molecule has 15 heteroatoms. The molecule has 3 N–H and O–H groups in total. The number of aromatic nitrogens is 4. The molecule has 7 heterocycles. The summed E-state index contributed by atoms with van der Waals surface area (Å²) in [6, 6.07) is 12.2. The van der Waals surface area contributed by atoms with Crippen molar-refractivity contribution in [3.8, 4) is 0 Å². The predicted molar refractivity (Wildman–Crippen MR) is 286 cm³/mol. The molecule has 0 spiro atoms. The molecule has 3 fully saturated rings. The third-order valence-corrected chi connectivity index (χ3v) is 10.5. The number of nitrogens with one attached hydrogen (secondary N) is 3. The van der Waals surface area contributed by atoms with E-state index in [1.165, 1.54) is 43.9 Å². The Labute approximate surface area is 436 Å². The first-order chi connectivity index (χ1) is 30.7. The minimum absolute atomic E-state index is 0. The largest absolute Gasteiger partial charge is 1.00 e. The number of pyridine rings is 4. The number of amides is 3. The number of hydrogen-bond acceptors (Lipinski definition) is 11.